The first-order valence-electron chi connectivity index (χ1n) is 10.5. The topological polar surface area (TPSA) is 77.2 Å². The van der Waals surface area contributed by atoms with Crippen molar-refractivity contribution >= 4 is 17.6 Å². The summed E-state index contributed by atoms with van der Waals surface area (Å²) >= 11 is 0. The molecule has 3 rings (SSSR count). The van der Waals surface area contributed by atoms with Gasteiger partial charge in [-0.25, -0.2) is 0 Å². The predicted octanol–water partition coefficient (Wildman–Crippen LogP) is 1.11. The van der Waals surface area contributed by atoms with E-state index in [1.807, 2.05) is 11.0 Å². The Labute approximate surface area is 168 Å². The Morgan fingerprint density at radius 3 is 2.64 bits per heavy atom. The summed E-state index contributed by atoms with van der Waals surface area (Å²) in [5, 5.41) is 3.10. The third-order valence-corrected chi connectivity index (χ3v) is 5.78. The molecule has 0 aliphatic carbocycles. The number of likely N-dealkylation sites (tertiary alicyclic amines) is 1. The van der Waals surface area contributed by atoms with Gasteiger partial charge < -0.3 is 20.9 Å². The Hall–Kier alpha value is -2.28. The fourth-order valence-electron chi connectivity index (χ4n) is 4.09. The highest BCUT2D eigenvalue weighted by Gasteiger charge is 2.23. The SMILES string of the molecule is CCN1CCCC1CN=C(N)NCCC(=O)N1CCN(c2ccccc2)CC1. The smallest absolute Gasteiger partial charge is 0.224 e. The molecule has 7 nitrogen and oxygen atoms in total. The molecule has 3 N–H and O–H groups in total. The Bertz CT molecular complexity index is 642. The van der Waals surface area contributed by atoms with E-state index in [-0.39, 0.29) is 5.91 Å². The summed E-state index contributed by atoms with van der Waals surface area (Å²) in [6.07, 6.45) is 2.89. The lowest BCUT2D eigenvalue weighted by atomic mass is 10.2. The number of hydrogen-bond acceptors (Lipinski definition) is 4. The van der Waals surface area contributed by atoms with Gasteiger partial charge in [0.1, 0.15) is 0 Å². The van der Waals surface area contributed by atoms with Crippen LogP contribution in [0.3, 0.4) is 0 Å². The molecule has 2 aliphatic rings. The minimum Gasteiger partial charge on any atom is -0.370 e. The normalized spacial score (nSPS) is 21.2. The second-order valence-electron chi connectivity index (χ2n) is 7.53. The van der Waals surface area contributed by atoms with Gasteiger partial charge in [0.2, 0.25) is 5.91 Å². The van der Waals surface area contributed by atoms with Crippen molar-refractivity contribution in [2.24, 2.45) is 10.7 Å². The zero-order valence-electron chi connectivity index (χ0n) is 17.0. The van der Waals surface area contributed by atoms with Gasteiger partial charge in [-0.2, -0.15) is 0 Å². The van der Waals surface area contributed by atoms with Crippen molar-refractivity contribution in [2.75, 3.05) is 57.3 Å². The number of para-hydroxylation sites is 1. The van der Waals surface area contributed by atoms with Crippen molar-refractivity contribution in [1.29, 1.82) is 0 Å². The second kappa shape index (κ2) is 10.3. The van der Waals surface area contributed by atoms with Crippen LogP contribution in [0.1, 0.15) is 26.2 Å². The summed E-state index contributed by atoms with van der Waals surface area (Å²) < 4.78 is 0. The molecule has 1 atom stereocenters. The molecule has 1 aromatic carbocycles. The summed E-state index contributed by atoms with van der Waals surface area (Å²) in [6.45, 7) is 8.99. The van der Waals surface area contributed by atoms with Gasteiger partial charge in [0.25, 0.3) is 0 Å². The standard InChI is InChI=1S/C21H34N6O/c1-2-25-12-6-9-19(25)17-24-21(22)23-11-10-20(28)27-15-13-26(14-16-27)18-7-4-3-5-8-18/h3-5,7-8,19H,2,6,9-17H2,1H3,(H3,22,23,24). The minimum atomic E-state index is 0.181. The molecule has 154 valence electrons. The zero-order chi connectivity index (χ0) is 19.8. The third kappa shape index (κ3) is 5.61. The van der Waals surface area contributed by atoms with Crippen molar-refractivity contribution < 1.29 is 4.79 Å². The van der Waals surface area contributed by atoms with Crippen molar-refractivity contribution in [3.63, 3.8) is 0 Å². The van der Waals surface area contributed by atoms with Crippen LogP contribution in [0, 0.1) is 0 Å². The highest BCUT2D eigenvalue weighted by molar-refractivity contribution is 5.80. The van der Waals surface area contributed by atoms with E-state index in [0.29, 0.717) is 25.0 Å². The number of nitrogens with zero attached hydrogens (tertiary/aromatic N) is 4. The van der Waals surface area contributed by atoms with E-state index in [0.717, 1.165) is 45.8 Å². The number of aliphatic imine (C=N–C) groups is 1. The first kappa shape index (κ1) is 20.5. The second-order valence-corrected chi connectivity index (χ2v) is 7.53. The van der Waals surface area contributed by atoms with Gasteiger partial charge in [-0.1, -0.05) is 25.1 Å². The average Bonchev–Trinajstić information content (AvgIpc) is 3.20. The number of guanidine groups is 1. The molecule has 1 aromatic rings. The van der Waals surface area contributed by atoms with Gasteiger partial charge in [-0.05, 0) is 38.1 Å². The number of likely N-dealkylation sites (N-methyl/N-ethyl adjacent to an activating group) is 1. The van der Waals surface area contributed by atoms with Crippen molar-refractivity contribution in [1.82, 2.24) is 15.1 Å². The number of carbonyl (C=O) groups is 1. The monoisotopic (exact) mass is 386 g/mol. The number of amides is 1. The number of nitrogens with one attached hydrogen (secondary N) is 1. The Morgan fingerprint density at radius 2 is 1.93 bits per heavy atom. The first-order valence-corrected chi connectivity index (χ1v) is 10.5. The van der Waals surface area contributed by atoms with Gasteiger partial charge in [-0.3, -0.25) is 14.7 Å². The molecule has 1 amide bonds. The molecule has 0 radical (unpaired) electrons. The number of benzene rings is 1. The fraction of sp³-hybridized carbons (Fsp3) is 0.619. The van der Waals surface area contributed by atoms with Crippen LogP contribution in [0.2, 0.25) is 0 Å². The fourth-order valence-corrected chi connectivity index (χ4v) is 4.09. The summed E-state index contributed by atoms with van der Waals surface area (Å²) in [5.74, 6) is 0.630. The molecule has 0 spiro atoms. The molecular formula is C21H34N6O. The Balaban J connectivity index is 1.34. The van der Waals surface area contributed by atoms with E-state index in [9.17, 15) is 4.79 Å². The molecule has 0 saturated carbocycles. The molecular weight excluding hydrogens is 352 g/mol. The predicted molar refractivity (Wildman–Crippen MR) is 115 cm³/mol. The van der Waals surface area contributed by atoms with E-state index < -0.39 is 0 Å². The highest BCUT2D eigenvalue weighted by Crippen LogP contribution is 2.17. The maximum atomic E-state index is 12.5. The average molecular weight is 387 g/mol. The number of anilines is 1. The van der Waals surface area contributed by atoms with Crippen LogP contribution in [0.5, 0.6) is 0 Å². The molecule has 2 saturated heterocycles. The third-order valence-electron chi connectivity index (χ3n) is 5.78. The lowest BCUT2D eigenvalue weighted by Gasteiger charge is -2.36. The van der Waals surface area contributed by atoms with Gasteiger partial charge in [-0.15, -0.1) is 0 Å². The number of carbonyl (C=O) groups excluding carboxylic acids is 1. The lowest BCUT2D eigenvalue weighted by Crippen LogP contribution is -2.49. The van der Waals surface area contributed by atoms with Gasteiger partial charge in [0, 0.05) is 50.9 Å². The molecule has 0 aromatic heterocycles. The van der Waals surface area contributed by atoms with Crippen molar-refractivity contribution in [3.05, 3.63) is 30.3 Å². The Morgan fingerprint density at radius 1 is 1.18 bits per heavy atom. The summed E-state index contributed by atoms with van der Waals surface area (Å²) in [6, 6.07) is 10.9. The number of nitrogens with two attached hydrogens (primary N) is 1. The van der Waals surface area contributed by atoms with Crippen molar-refractivity contribution in [3.8, 4) is 0 Å². The van der Waals surface area contributed by atoms with E-state index in [1.165, 1.54) is 18.5 Å². The van der Waals surface area contributed by atoms with Crippen LogP contribution in [0.25, 0.3) is 0 Å². The van der Waals surface area contributed by atoms with Crippen molar-refractivity contribution in [2.45, 2.75) is 32.2 Å². The van der Waals surface area contributed by atoms with E-state index >= 15 is 0 Å². The van der Waals surface area contributed by atoms with Gasteiger partial charge in [0.05, 0.1) is 6.54 Å². The maximum Gasteiger partial charge on any atom is 0.224 e. The van der Waals surface area contributed by atoms with E-state index in [4.69, 9.17) is 5.73 Å². The van der Waals surface area contributed by atoms with Gasteiger partial charge >= 0.3 is 0 Å². The van der Waals surface area contributed by atoms with E-state index in [2.05, 4.69) is 51.3 Å². The van der Waals surface area contributed by atoms with Crippen LogP contribution in [-0.2, 0) is 4.79 Å². The Kier molecular flexibility index (Phi) is 7.54. The van der Waals surface area contributed by atoms with Crippen LogP contribution in [0.4, 0.5) is 5.69 Å². The van der Waals surface area contributed by atoms with E-state index in [1.54, 1.807) is 0 Å². The van der Waals surface area contributed by atoms with Gasteiger partial charge in [0.15, 0.2) is 5.96 Å². The zero-order valence-corrected chi connectivity index (χ0v) is 17.0. The first-order chi connectivity index (χ1) is 13.7. The molecule has 0 bridgehead atoms. The minimum absolute atomic E-state index is 0.181. The number of piperazine rings is 1. The summed E-state index contributed by atoms with van der Waals surface area (Å²) in [7, 11) is 0. The number of rotatable bonds is 7. The highest BCUT2D eigenvalue weighted by atomic mass is 16.2. The summed E-state index contributed by atoms with van der Waals surface area (Å²) in [4.78, 5) is 23.7. The molecule has 28 heavy (non-hydrogen) atoms. The van der Waals surface area contributed by atoms with Crippen LogP contribution in [0.15, 0.2) is 35.3 Å². The summed E-state index contributed by atoms with van der Waals surface area (Å²) in [5.41, 5.74) is 7.20. The molecule has 1 unspecified atom stereocenters. The van der Waals surface area contributed by atoms with Crippen LogP contribution in [-0.4, -0.2) is 80.1 Å². The lowest BCUT2D eigenvalue weighted by molar-refractivity contribution is -0.131. The molecule has 2 aliphatic heterocycles. The number of hydrogen-bond donors (Lipinski definition) is 2. The molecule has 2 heterocycles. The molecule has 7 heteroatoms. The van der Waals surface area contributed by atoms with Crippen LogP contribution < -0.4 is 16.0 Å². The maximum absolute atomic E-state index is 12.5. The quantitative estimate of drug-likeness (QED) is 0.542. The molecule has 2 fully saturated rings. The van der Waals surface area contributed by atoms with Crippen LogP contribution >= 0.6 is 0 Å². The largest absolute Gasteiger partial charge is 0.370 e.